The van der Waals surface area contributed by atoms with Gasteiger partial charge in [0.25, 0.3) is 5.92 Å². The summed E-state index contributed by atoms with van der Waals surface area (Å²) in [6.45, 7) is -1.77. The van der Waals surface area contributed by atoms with Gasteiger partial charge in [0.15, 0.2) is 0 Å². The van der Waals surface area contributed by atoms with E-state index < -0.39 is 24.9 Å². The first-order chi connectivity index (χ1) is 7.44. The van der Waals surface area contributed by atoms with E-state index in [1.807, 2.05) is 0 Å². The Kier molecular flexibility index (Phi) is 4.58. The Morgan fingerprint density at radius 3 is 2.62 bits per heavy atom. The van der Waals surface area contributed by atoms with E-state index in [1.165, 1.54) is 12.1 Å². The maximum Gasteiger partial charge on any atom is 0.282 e. The monoisotopic (exact) mass is 253 g/mol. The molecule has 90 valence electrons. The number of hydrogen-bond donors (Lipinski definition) is 2. The van der Waals surface area contributed by atoms with Crippen molar-refractivity contribution in [3.05, 3.63) is 34.6 Å². The highest BCUT2D eigenvalue weighted by atomic mass is 35.5. The lowest BCUT2D eigenvalue weighted by atomic mass is 10.2. The van der Waals surface area contributed by atoms with Gasteiger partial charge in [-0.1, -0.05) is 17.7 Å². The predicted octanol–water partition coefficient (Wildman–Crippen LogP) is 2.20. The van der Waals surface area contributed by atoms with Crippen LogP contribution in [0.15, 0.2) is 18.2 Å². The summed E-state index contributed by atoms with van der Waals surface area (Å²) in [5.41, 5.74) is 0.525. The van der Waals surface area contributed by atoms with Crippen molar-refractivity contribution in [2.75, 3.05) is 13.2 Å². The first-order valence-corrected chi connectivity index (χ1v) is 4.96. The maximum absolute atomic E-state index is 12.7. The molecule has 0 heterocycles. The van der Waals surface area contributed by atoms with Crippen molar-refractivity contribution in [1.29, 1.82) is 0 Å². The Balaban J connectivity index is 2.49. The molecule has 2 N–H and O–H groups in total. The van der Waals surface area contributed by atoms with Crippen molar-refractivity contribution in [3.63, 3.8) is 0 Å². The highest BCUT2D eigenvalue weighted by molar-refractivity contribution is 6.31. The number of aliphatic hydroxyl groups is 1. The lowest BCUT2D eigenvalue weighted by Gasteiger charge is -2.14. The molecular formula is C10H11ClF3NO. The van der Waals surface area contributed by atoms with Crippen molar-refractivity contribution >= 4 is 11.6 Å². The number of alkyl halides is 2. The van der Waals surface area contributed by atoms with Crippen LogP contribution in [0.3, 0.4) is 0 Å². The van der Waals surface area contributed by atoms with Crippen LogP contribution in [-0.4, -0.2) is 24.2 Å². The normalized spacial score (nSPS) is 11.8. The summed E-state index contributed by atoms with van der Waals surface area (Å²) < 4.78 is 37.9. The molecule has 1 aromatic rings. The molecule has 1 rings (SSSR count). The molecule has 1 aromatic carbocycles. The molecule has 0 aliphatic rings. The van der Waals surface area contributed by atoms with Crippen molar-refractivity contribution in [1.82, 2.24) is 5.32 Å². The van der Waals surface area contributed by atoms with E-state index in [0.717, 1.165) is 6.07 Å². The SMILES string of the molecule is OCC(F)(F)CNCc1ccc(F)cc1Cl. The van der Waals surface area contributed by atoms with Crippen molar-refractivity contribution in [3.8, 4) is 0 Å². The summed E-state index contributed by atoms with van der Waals surface area (Å²) in [5, 5.41) is 10.9. The third kappa shape index (κ3) is 4.00. The van der Waals surface area contributed by atoms with Gasteiger partial charge in [-0.25, -0.2) is 13.2 Å². The molecule has 0 bridgehead atoms. The molecule has 2 nitrogen and oxygen atoms in total. The van der Waals surface area contributed by atoms with Gasteiger partial charge in [0, 0.05) is 11.6 Å². The highest BCUT2D eigenvalue weighted by Crippen LogP contribution is 2.17. The van der Waals surface area contributed by atoms with Crippen LogP contribution in [0.5, 0.6) is 0 Å². The summed E-state index contributed by atoms with van der Waals surface area (Å²) in [7, 11) is 0. The zero-order valence-corrected chi connectivity index (χ0v) is 9.07. The minimum absolute atomic E-state index is 0.0920. The fourth-order valence-electron chi connectivity index (χ4n) is 1.10. The Labute approximate surface area is 96.0 Å². The summed E-state index contributed by atoms with van der Waals surface area (Å²) >= 11 is 5.70. The second-order valence-electron chi connectivity index (χ2n) is 3.35. The van der Waals surface area contributed by atoms with Gasteiger partial charge in [0.2, 0.25) is 0 Å². The summed E-state index contributed by atoms with van der Waals surface area (Å²) in [5.74, 6) is -3.64. The number of hydrogen-bond acceptors (Lipinski definition) is 2. The van der Waals surface area contributed by atoms with Crippen LogP contribution < -0.4 is 5.32 Å². The average molecular weight is 254 g/mol. The van der Waals surface area contributed by atoms with E-state index >= 15 is 0 Å². The molecule has 0 aliphatic carbocycles. The fraction of sp³-hybridized carbons (Fsp3) is 0.400. The topological polar surface area (TPSA) is 32.3 Å². The van der Waals surface area contributed by atoms with E-state index in [1.54, 1.807) is 0 Å². The Bertz CT molecular complexity index is 360. The number of aliphatic hydroxyl groups excluding tert-OH is 1. The molecule has 0 atom stereocenters. The second kappa shape index (κ2) is 5.52. The van der Waals surface area contributed by atoms with E-state index in [4.69, 9.17) is 16.7 Å². The van der Waals surface area contributed by atoms with Gasteiger partial charge in [0.1, 0.15) is 12.4 Å². The van der Waals surface area contributed by atoms with Crippen LogP contribution in [0.25, 0.3) is 0 Å². The fourth-order valence-corrected chi connectivity index (χ4v) is 1.34. The lowest BCUT2D eigenvalue weighted by Crippen LogP contribution is -2.35. The molecule has 0 unspecified atom stereocenters. The van der Waals surface area contributed by atoms with Crippen molar-refractivity contribution in [2.24, 2.45) is 0 Å². The number of benzene rings is 1. The first-order valence-electron chi connectivity index (χ1n) is 4.58. The lowest BCUT2D eigenvalue weighted by molar-refractivity contribution is -0.0477. The molecule has 0 saturated heterocycles. The van der Waals surface area contributed by atoms with Gasteiger partial charge in [-0.2, -0.15) is 0 Å². The molecule has 6 heteroatoms. The number of halogens is 4. The molecule has 0 aliphatic heterocycles. The van der Waals surface area contributed by atoms with Crippen LogP contribution in [0.4, 0.5) is 13.2 Å². The minimum Gasteiger partial charge on any atom is -0.390 e. The summed E-state index contributed by atoms with van der Waals surface area (Å²) in [4.78, 5) is 0. The smallest absolute Gasteiger partial charge is 0.282 e. The second-order valence-corrected chi connectivity index (χ2v) is 3.76. The standard InChI is InChI=1S/C10H11ClF3NO/c11-9-3-8(12)2-1-7(9)4-15-5-10(13,14)6-16/h1-3,15-16H,4-6H2. The molecule has 0 fully saturated rings. The molecule has 0 amide bonds. The predicted molar refractivity (Wildman–Crippen MR) is 55.1 cm³/mol. The van der Waals surface area contributed by atoms with Gasteiger partial charge in [-0.3, -0.25) is 0 Å². The van der Waals surface area contributed by atoms with Crippen molar-refractivity contribution < 1.29 is 18.3 Å². The van der Waals surface area contributed by atoms with Gasteiger partial charge in [-0.05, 0) is 17.7 Å². The zero-order chi connectivity index (χ0) is 12.2. The Morgan fingerprint density at radius 1 is 1.38 bits per heavy atom. The summed E-state index contributed by atoms with van der Waals surface area (Å²) in [6.07, 6.45) is 0. The van der Waals surface area contributed by atoms with Gasteiger partial charge < -0.3 is 10.4 Å². The highest BCUT2D eigenvalue weighted by Gasteiger charge is 2.26. The molecular weight excluding hydrogens is 243 g/mol. The third-order valence-electron chi connectivity index (χ3n) is 1.95. The first kappa shape index (κ1) is 13.3. The number of rotatable bonds is 5. The van der Waals surface area contributed by atoms with Gasteiger partial charge in [-0.15, -0.1) is 0 Å². The zero-order valence-electron chi connectivity index (χ0n) is 8.31. The average Bonchev–Trinajstić information content (AvgIpc) is 2.21. The van der Waals surface area contributed by atoms with E-state index in [9.17, 15) is 13.2 Å². The minimum atomic E-state index is -3.16. The van der Waals surface area contributed by atoms with Crippen LogP contribution in [0.1, 0.15) is 5.56 Å². The quantitative estimate of drug-likeness (QED) is 0.843. The maximum atomic E-state index is 12.7. The van der Waals surface area contributed by atoms with Gasteiger partial charge >= 0.3 is 0 Å². The van der Waals surface area contributed by atoms with Crippen LogP contribution in [-0.2, 0) is 6.54 Å². The molecule has 0 spiro atoms. The Hall–Kier alpha value is -0.780. The molecule has 0 aromatic heterocycles. The third-order valence-corrected chi connectivity index (χ3v) is 2.30. The van der Waals surface area contributed by atoms with Crippen LogP contribution >= 0.6 is 11.6 Å². The number of nitrogens with one attached hydrogen (secondary N) is 1. The molecule has 16 heavy (non-hydrogen) atoms. The molecule has 0 saturated carbocycles. The van der Waals surface area contributed by atoms with Crippen molar-refractivity contribution in [2.45, 2.75) is 12.5 Å². The van der Waals surface area contributed by atoms with E-state index in [-0.39, 0.29) is 11.6 Å². The van der Waals surface area contributed by atoms with Gasteiger partial charge in [0.05, 0.1) is 6.54 Å². The largest absolute Gasteiger partial charge is 0.390 e. The van der Waals surface area contributed by atoms with Crippen LogP contribution in [0, 0.1) is 5.82 Å². The van der Waals surface area contributed by atoms with Crippen LogP contribution in [0.2, 0.25) is 5.02 Å². The summed E-state index contributed by atoms with van der Waals surface area (Å²) in [6, 6.07) is 3.73. The van der Waals surface area contributed by atoms with E-state index in [0.29, 0.717) is 5.56 Å². The van der Waals surface area contributed by atoms with E-state index in [2.05, 4.69) is 5.32 Å². The Morgan fingerprint density at radius 2 is 2.06 bits per heavy atom. The molecule has 0 radical (unpaired) electrons.